The van der Waals surface area contributed by atoms with Crippen molar-refractivity contribution in [2.45, 2.75) is 65.2 Å². The Bertz CT molecular complexity index is 567. The molecule has 3 saturated carbocycles. The van der Waals surface area contributed by atoms with E-state index in [4.69, 9.17) is 0 Å². The molecule has 23 heavy (non-hydrogen) atoms. The average Bonchev–Trinajstić information content (AvgIpc) is 2.77. The maximum absolute atomic E-state index is 12.0. The molecule has 0 aromatic rings. The number of allylic oxidation sites excluding steroid dienone is 1. The summed E-state index contributed by atoms with van der Waals surface area (Å²) in [5.74, 6) is 0.912. The van der Waals surface area contributed by atoms with Gasteiger partial charge in [-0.15, -0.1) is 0 Å². The van der Waals surface area contributed by atoms with Gasteiger partial charge in [0.05, 0.1) is 12.0 Å². The van der Waals surface area contributed by atoms with Gasteiger partial charge in [0, 0.05) is 0 Å². The van der Waals surface area contributed by atoms with E-state index in [1.807, 2.05) is 6.92 Å². The SMILES string of the molecule is C[C@]12CCC[C@](C)(C(=O)O)[C@@H]1CC[C@@]13C=C(CO)[C@@H](CC[C@H]12)C3. The van der Waals surface area contributed by atoms with Crippen LogP contribution < -0.4 is 0 Å². The largest absolute Gasteiger partial charge is 0.481 e. The average molecular weight is 318 g/mol. The molecule has 4 rings (SSSR count). The molecule has 3 heteroatoms. The van der Waals surface area contributed by atoms with Gasteiger partial charge in [-0.1, -0.05) is 19.4 Å². The monoisotopic (exact) mass is 318 g/mol. The van der Waals surface area contributed by atoms with Crippen LogP contribution in [0.5, 0.6) is 0 Å². The van der Waals surface area contributed by atoms with Crippen LogP contribution in [0.1, 0.15) is 65.2 Å². The maximum Gasteiger partial charge on any atom is 0.309 e. The molecule has 0 heterocycles. The molecular formula is C20H30O3. The quantitative estimate of drug-likeness (QED) is 0.756. The second-order valence-electron chi connectivity index (χ2n) is 9.31. The standard InChI is InChI=1S/C20H30O3/c1-18-7-3-8-19(2,17(22)23)15(18)6-9-20-10-13(4-5-16(18)20)14(11-20)12-21/h11,13,15-16,21H,3-10,12H2,1-2H3,(H,22,23)/t13-,15+,16-,18-,19-,20+/m0/s1. The molecule has 1 spiro atoms. The Morgan fingerprint density at radius 1 is 1.17 bits per heavy atom. The van der Waals surface area contributed by atoms with Gasteiger partial charge in [-0.25, -0.2) is 0 Å². The number of fused-ring (bicyclic) bond motifs is 3. The molecule has 3 nitrogen and oxygen atoms in total. The predicted octanol–water partition coefficient (Wildman–Crippen LogP) is 4.01. The van der Waals surface area contributed by atoms with Crippen LogP contribution in [0.2, 0.25) is 0 Å². The van der Waals surface area contributed by atoms with Crippen LogP contribution in [0.25, 0.3) is 0 Å². The fourth-order valence-corrected chi connectivity index (χ4v) is 7.48. The summed E-state index contributed by atoms with van der Waals surface area (Å²) in [4.78, 5) is 12.0. The molecule has 6 atom stereocenters. The maximum atomic E-state index is 12.0. The van der Waals surface area contributed by atoms with E-state index in [0.29, 0.717) is 17.8 Å². The van der Waals surface area contributed by atoms with E-state index in [1.165, 1.54) is 31.3 Å². The summed E-state index contributed by atoms with van der Waals surface area (Å²) >= 11 is 0. The van der Waals surface area contributed by atoms with Gasteiger partial charge in [0.25, 0.3) is 0 Å². The third-order valence-corrected chi connectivity index (χ3v) is 8.46. The van der Waals surface area contributed by atoms with Crippen LogP contribution in [0.4, 0.5) is 0 Å². The van der Waals surface area contributed by atoms with Gasteiger partial charge in [-0.05, 0) is 86.0 Å². The Labute approximate surface area is 139 Å². The Morgan fingerprint density at radius 3 is 2.65 bits per heavy atom. The van der Waals surface area contributed by atoms with Crippen LogP contribution in [0, 0.1) is 34.0 Å². The number of aliphatic hydroxyl groups is 1. The summed E-state index contributed by atoms with van der Waals surface area (Å²) in [6.07, 6.45) is 11.3. The summed E-state index contributed by atoms with van der Waals surface area (Å²) in [5, 5.41) is 19.6. The molecule has 4 aliphatic carbocycles. The number of aliphatic hydroxyl groups excluding tert-OH is 1. The van der Waals surface area contributed by atoms with E-state index in [2.05, 4.69) is 13.0 Å². The zero-order valence-corrected chi connectivity index (χ0v) is 14.5. The van der Waals surface area contributed by atoms with Crippen molar-refractivity contribution >= 4 is 5.97 Å². The predicted molar refractivity (Wildman–Crippen MR) is 88.9 cm³/mol. The summed E-state index contributed by atoms with van der Waals surface area (Å²) in [6, 6.07) is 0. The molecule has 0 amide bonds. The molecule has 3 fully saturated rings. The highest BCUT2D eigenvalue weighted by atomic mass is 16.4. The van der Waals surface area contributed by atoms with E-state index in [1.54, 1.807) is 0 Å². The van der Waals surface area contributed by atoms with Gasteiger partial charge < -0.3 is 10.2 Å². The van der Waals surface area contributed by atoms with E-state index < -0.39 is 11.4 Å². The number of hydrogen-bond donors (Lipinski definition) is 2. The highest BCUT2D eigenvalue weighted by Crippen LogP contribution is 2.70. The molecule has 0 aromatic heterocycles. The number of carboxylic acids is 1. The zero-order valence-electron chi connectivity index (χ0n) is 14.5. The molecule has 128 valence electrons. The highest BCUT2D eigenvalue weighted by Gasteiger charge is 2.64. The third-order valence-electron chi connectivity index (χ3n) is 8.46. The van der Waals surface area contributed by atoms with Gasteiger partial charge in [0.15, 0.2) is 0 Å². The van der Waals surface area contributed by atoms with Crippen molar-refractivity contribution in [3.63, 3.8) is 0 Å². The van der Waals surface area contributed by atoms with Crippen LogP contribution in [-0.2, 0) is 4.79 Å². The van der Waals surface area contributed by atoms with E-state index >= 15 is 0 Å². The number of aliphatic carboxylic acids is 1. The second-order valence-corrected chi connectivity index (χ2v) is 9.31. The first kappa shape index (κ1) is 15.7. The number of rotatable bonds is 2. The fraction of sp³-hybridized carbons (Fsp3) is 0.850. The minimum absolute atomic E-state index is 0.149. The summed E-state index contributed by atoms with van der Waals surface area (Å²) in [5.41, 5.74) is 1.12. The van der Waals surface area contributed by atoms with Crippen molar-refractivity contribution in [1.82, 2.24) is 0 Å². The Hall–Kier alpha value is -0.830. The van der Waals surface area contributed by atoms with Crippen molar-refractivity contribution < 1.29 is 15.0 Å². The van der Waals surface area contributed by atoms with Crippen molar-refractivity contribution in [2.24, 2.45) is 34.0 Å². The third kappa shape index (κ3) is 1.89. The molecule has 4 aliphatic rings. The van der Waals surface area contributed by atoms with Gasteiger partial charge in [-0.2, -0.15) is 0 Å². The van der Waals surface area contributed by atoms with Crippen LogP contribution in [-0.4, -0.2) is 22.8 Å². The van der Waals surface area contributed by atoms with E-state index in [-0.39, 0.29) is 17.4 Å². The van der Waals surface area contributed by atoms with Gasteiger partial charge in [0.2, 0.25) is 0 Å². The van der Waals surface area contributed by atoms with Gasteiger partial charge in [-0.3, -0.25) is 4.79 Å². The van der Waals surface area contributed by atoms with E-state index in [0.717, 1.165) is 25.7 Å². The number of carboxylic acid groups (broad SMARTS) is 1. The Kier molecular flexibility index (Phi) is 3.30. The van der Waals surface area contributed by atoms with Crippen molar-refractivity contribution in [3.8, 4) is 0 Å². The highest BCUT2D eigenvalue weighted by molar-refractivity contribution is 5.75. The topological polar surface area (TPSA) is 57.5 Å². The first-order valence-corrected chi connectivity index (χ1v) is 9.42. The van der Waals surface area contributed by atoms with Crippen LogP contribution >= 0.6 is 0 Å². The first-order chi connectivity index (χ1) is 10.9. The lowest BCUT2D eigenvalue weighted by molar-refractivity contribution is -0.177. The summed E-state index contributed by atoms with van der Waals surface area (Å²) in [6.45, 7) is 4.62. The normalized spacial score (nSPS) is 51.6. The lowest BCUT2D eigenvalue weighted by Gasteiger charge is -2.63. The molecule has 0 aliphatic heterocycles. The number of carbonyl (C=O) groups is 1. The van der Waals surface area contributed by atoms with Gasteiger partial charge in [0.1, 0.15) is 0 Å². The zero-order chi connectivity index (χ0) is 16.5. The lowest BCUT2D eigenvalue weighted by Crippen LogP contribution is -2.58. The number of hydrogen-bond acceptors (Lipinski definition) is 2. The molecule has 0 unspecified atom stereocenters. The smallest absolute Gasteiger partial charge is 0.309 e. The first-order valence-electron chi connectivity index (χ1n) is 9.42. The lowest BCUT2D eigenvalue weighted by atomic mass is 9.41. The molecule has 2 N–H and O–H groups in total. The summed E-state index contributed by atoms with van der Waals surface area (Å²) < 4.78 is 0. The molecule has 0 aromatic carbocycles. The van der Waals surface area contributed by atoms with Gasteiger partial charge >= 0.3 is 5.97 Å². The minimum atomic E-state index is -0.587. The van der Waals surface area contributed by atoms with Crippen LogP contribution in [0.15, 0.2) is 11.6 Å². The molecular weight excluding hydrogens is 288 g/mol. The molecule has 0 saturated heterocycles. The Morgan fingerprint density at radius 2 is 1.96 bits per heavy atom. The van der Waals surface area contributed by atoms with E-state index in [9.17, 15) is 15.0 Å². The molecule has 2 bridgehead atoms. The Balaban J connectivity index is 1.75. The molecule has 0 radical (unpaired) electrons. The van der Waals surface area contributed by atoms with Crippen molar-refractivity contribution in [1.29, 1.82) is 0 Å². The van der Waals surface area contributed by atoms with Crippen molar-refractivity contribution in [3.05, 3.63) is 11.6 Å². The fourth-order valence-electron chi connectivity index (χ4n) is 7.48. The minimum Gasteiger partial charge on any atom is -0.481 e. The summed E-state index contributed by atoms with van der Waals surface area (Å²) in [7, 11) is 0. The van der Waals surface area contributed by atoms with Crippen molar-refractivity contribution in [2.75, 3.05) is 6.61 Å². The van der Waals surface area contributed by atoms with Crippen LogP contribution in [0.3, 0.4) is 0 Å². The second kappa shape index (κ2) is 4.84.